The number of anilines is 1. The van der Waals surface area contributed by atoms with Gasteiger partial charge in [0.05, 0.1) is 0 Å². The Morgan fingerprint density at radius 3 is 2.35 bits per heavy atom. The van der Waals surface area contributed by atoms with Gasteiger partial charge in [-0.1, -0.05) is 29.3 Å². The van der Waals surface area contributed by atoms with Crippen LogP contribution in [0, 0.1) is 0 Å². The summed E-state index contributed by atoms with van der Waals surface area (Å²) < 4.78 is 0. The molecule has 6 heteroatoms. The minimum absolute atomic E-state index is 0.198. The Bertz CT molecular complexity index is 512. The molecule has 108 valence electrons. The molecular formula is C14H16Cl2N2O2. The number of nitrogens with zero attached hydrogens (tertiary/aromatic N) is 1. The van der Waals surface area contributed by atoms with E-state index in [-0.39, 0.29) is 11.8 Å². The number of hydrogen-bond donors (Lipinski definition) is 1. The van der Waals surface area contributed by atoms with Gasteiger partial charge in [-0.25, -0.2) is 0 Å². The Morgan fingerprint density at radius 1 is 1.35 bits per heavy atom. The molecule has 1 rings (SSSR count). The first-order valence-corrected chi connectivity index (χ1v) is 6.75. The molecule has 1 aromatic carbocycles. The number of hydrogen-bond acceptors (Lipinski definition) is 2. The van der Waals surface area contributed by atoms with Crippen molar-refractivity contribution in [2.75, 3.05) is 11.9 Å². The molecule has 0 aliphatic heterocycles. The van der Waals surface area contributed by atoms with Crippen molar-refractivity contribution in [2.45, 2.75) is 19.9 Å². The molecule has 4 nitrogen and oxygen atoms in total. The maximum absolute atomic E-state index is 12.1. The van der Waals surface area contributed by atoms with Gasteiger partial charge in [0.25, 0.3) is 0 Å². The van der Waals surface area contributed by atoms with Crippen LogP contribution in [0.2, 0.25) is 10.0 Å². The molecule has 0 heterocycles. The second-order valence-electron chi connectivity index (χ2n) is 4.28. The van der Waals surface area contributed by atoms with Crippen LogP contribution in [0.25, 0.3) is 0 Å². The summed E-state index contributed by atoms with van der Waals surface area (Å²) >= 11 is 11.7. The van der Waals surface area contributed by atoms with Crippen molar-refractivity contribution in [3.8, 4) is 0 Å². The van der Waals surface area contributed by atoms with Crippen LogP contribution in [0.3, 0.4) is 0 Å². The van der Waals surface area contributed by atoms with Gasteiger partial charge in [-0.3, -0.25) is 9.59 Å². The van der Waals surface area contributed by atoms with Crippen LogP contribution in [0.4, 0.5) is 5.69 Å². The third-order valence-electron chi connectivity index (χ3n) is 2.71. The first kappa shape index (κ1) is 16.5. The molecule has 1 aromatic rings. The number of carbonyl (C=O) groups excluding carboxylic acids is 2. The molecule has 2 amide bonds. The second-order valence-corrected chi connectivity index (χ2v) is 5.16. The molecule has 0 saturated carbocycles. The van der Waals surface area contributed by atoms with Gasteiger partial charge in [0.1, 0.15) is 6.04 Å². The number of amides is 2. The molecule has 1 N–H and O–H groups in total. The van der Waals surface area contributed by atoms with Crippen molar-refractivity contribution in [2.24, 2.45) is 0 Å². The molecule has 1 atom stereocenters. The third kappa shape index (κ3) is 4.54. The van der Waals surface area contributed by atoms with Crippen LogP contribution in [-0.2, 0) is 9.59 Å². The molecule has 0 radical (unpaired) electrons. The van der Waals surface area contributed by atoms with Gasteiger partial charge in [-0.2, -0.15) is 0 Å². The Labute approximate surface area is 128 Å². The van der Waals surface area contributed by atoms with Crippen LogP contribution in [0.1, 0.15) is 13.8 Å². The van der Waals surface area contributed by atoms with E-state index in [0.717, 1.165) is 0 Å². The first-order chi connectivity index (χ1) is 9.35. The van der Waals surface area contributed by atoms with Crippen LogP contribution >= 0.6 is 23.2 Å². The lowest BCUT2D eigenvalue weighted by Gasteiger charge is -2.26. The molecule has 0 aromatic heterocycles. The van der Waals surface area contributed by atoms with Gasteiger partial charge in [0, 0.05) is 29.2 Å². The molecule has 1 unspecified atom stereocenters. The third-order valence-corrected chi connectivity index (χ3v) is 3.14. The Morgan fingerprint density at radius 2 is 1.90 bits per heavy atom. The average molecular weight is 315 g/mol. The largest absolute Gasteiger partial charge is 0.327 e. The van der Waals surface area contributed by atoms with E-state index in [2.05, 4.69) is 11.9 Å². The lowest BCUT2D eigenvalue weighted by molar-refractivity contribution is -0.135. The first-order valence-electron chi connectivity index (χ1n) is 6.00. The second kappa shape index (κ2) is 7.31. The summed E-state index contributed by atoms with van der Waals surface area (Å²) in [5, 5.41) is 3.53. The zero-order chi connectivity index (χ0) is 15.3. The predicted octanol–water partition coefficient (Wildman–Crippen LogP) is 3.35. The summed E-state index contributed by atoms with van der Waals surface area (Å²) in [5.74, 6) is -0.517. The van der Waals surface area contributed by atoms with Crippen LogP contribution in [0.5, 0.6) is 0 Å². The Balaban J connectivity index is 2.83. The van der Waals surface area contributed by atoms with Crippen molar-refractivity contribution >= 4 is 40.7 Å². The molecule has 0 spiro atoms. The maximum atomic E-state index is 12.1. The van der Waals surface area contributed by atoms with Crippen molar-refractivity contribution in [1.29, 1.82) is 0 Å². The van der Waals surface area contributed by atoms with Gasteiger partial charge >= 0.3 is 0 Å². The fraction of sp³-hybridized carbons (Fsp3) is 0.286. The average Bonchev–Trinajstić information content (AvgIpc) is 2.33. The summed E-state index contributed by atoms with van der Waals surface area (Å²) in [4.78, 5) is 25.0. The summed E-state index contributed by atoms with van der Waals surface area (Å²) in [7, 11) is 0. The van der Waals surface area contributed by atoms with Gasteiger partial charge in [-0.15, -0.1) is 6.58 Å². The quantitative estimate of drug-likeness (QED) is 0.847. The molecule has 0 aliphatic rings. The highest BCUT2D eigenvalue weighted by Crippen LogP contribution is 2.22. The highest BCUT2D eigenvalue weighted by atomic mass is 35.5. The van der Waals surface area contributed by atoms with E-state index >= 15 is 0 Å². The van der Waals surface area contributed by atoms with Crippen molar-refractivity contribution in [1.82, 2.24) is 4.90 Å². The van der Waals surface area contributed by atoms with Crippen LogP contribution in [-0.4, -0.2) is 29.3 Å². The van der Waals surface area contributed by atoms with Gasteiger partial charge in [0.2, 0.25) is 11.8 Å². The molecule has 0 saturated heterocycles. The minimum Gasteiger partial charge on any atom is -0.327 e. The molecule has 0 fully saturated rings. The summed E-state index contributed by atoms with van der Waals surface area (Å²) in [5.41, 5.74) is 0.487. The topological polar surface area (TPSA) is 49.4 Å². The molecule has 20 heavy (non-hydrogen) atoms. The monoisotopic (exact) mass is 314 g/mol. The zero-order valence-corrected chi connectivity index (χ0v) is 12.8. The molecular weight excluding hydrogens is 299 g/mol. The van der Waals surface area contributed by atoms with Crippen LogP contribution < -0.4 is 5.32 Å². The summed E-state index contributed by atoms with van der Waals surface area (Å²) in [6, 6.07) is 4.12. The maximum Gasteiger partial charge on any atom is 0.246 e. The Kier molecular flexibility index (Phi) is 6.05. The SMILES string of the molecule is C=CCN(C(C)=O)C(C)C(=O)Nc1cc(Cl)cc(Cl)c1. The van der Waals surface area contributed by atoms with E-state index in [1.807, 2.05) is 0 Å². The number of halogens is 2. The highest BCUT2D eigenvalue weighted by molar-refractivity contribution is 6.35. The summed E-state index contributed by atoms with van der Waals surface area (Å²) in [6.07, 6.45) is 1.57. The number of rotatable bonds is 5. The van der Waals surface area contributed by atoms with E-state index in [1.54, 1.807) is 31.2 Å². The van der Waals surface area contributed by atoms with Gasteiger partial charge < -0.3 is 10.2 Å². The van der Waals surface area contributed by atoms with Gasteiger partial charge in [0.15, 0.2) is 0 Å². The van der Waals surface area contributed by atoms with Gasteiger partial charge in [-0.05, 0) is 25.1 Å². The van der Waals surface area contributed by atoms with E-state index in [1.165, 1.54) is 11.8 Å². The standard InChI is InChI=1S/C14H16Cl2N2O2/c1-4-5-18(10(3)19)9(2)14(20)17-13-7-11(15)6-12(16)8-13/h4,6-9H,1,5H2,2-3H3,(H,17,20). The lowest BCUT2D eigenvalue weighted by Crippen LogP contribution is -2.44. The van der Waals surface area contributed by atoms with E-state index in [9.17, 15) is 9.59 Å². The van der Waals surface area contributed by atoms with E-state index in [4.69, 9.17) is 23.2 Å². The summed E-state index contributed by atoms with van der Waals surface area (Å²) in [6.45, 7) is 6.93. The molecule has 0 aliphatic carbocycles. The predicted molar refractivity (Wildman–Crippen MR) is 82.1 cm³/mol. The number of carbonyl (C=O) groups is 2. The number of nitrogens with one attached hydrogen (secondary N) is 1. The molecule has 0 bridgehead atoms. The fourth-order valence-electron chi connectivity index (χ4n) is 1.71. The van der Waals surface area contributed by atoms with Crippen molar-refractivity contribution in [3.63, 3.8) is 0 Å². The fourth-order valence-corrected chi connectivity index (χ4v) is 2.24. The van der Waals surface area contributed by atoms with Crippen molar-refractivity contribution in [3.05, 3.63) is 40.9 Å². The van der Waals surface area contributed by atoms with E-state index < -0.39 is 6.04 Å². The van der Waals surface area contributed by atoms with Crippen molar-refractivity contribution < 1.29 is 9.59 Å². The number of benzene rings is 1. The normalized spacial score (nSPS) is 11.6. The highest BCUT2D eigenvalue weighted by Gasteiger charge is 2.22. The Hall–Kier alpha value is -1.52. The lowest BCUT2D eigenvalue weighted by atomic mass is 10.2. The van der Waals surface area contributed by atoms with E-state index in [0.29, 0.717) is 22.3 Å². The minimum atomic E-state index is -0.622. The smallest absolute Gasteiger partial charge is 0.246 e. The van der Waals surface area contributed by atoms with Crippen LogP contribution in [0.15, 0.2) is 30.9 Å². The zero-order valence-electron chi connectivity index (χ0n) is 11.3.